The number of ether oxygens (including phenoxy) is 1. The molecule has 1 aromatic heterocycles. The van der Waals surface area contributed by atoms with Gasteiger partial charge < -0.3 is 14.9 Å². The molecule has 2 aromatic carbocycles. The number of nitrogens with two attached hydrogens (primary N) is 1. The van der Waals surface area contributed by atoms with Crippen molar-refractivity contribution in [3.63, 3.8) is 0 Å². The highest BCUT2D eigenvalue weighted by Crippen LogP contribution is 2.45. The molecule has 0 atom stereocenters. The Morgan fingerprint density at radius 1 is 1.25 bits per heavy atom. The lowest BCUT2D eigenvalue weighted by atomic mass is 10.0. The van der Waals surface area contributed by atoms with Crippen LogP contribution in [0.1, 0.15) is 29.9 Å². The van der Waals surface area contributed by atoms with Crippen molar-refractivity contribution in [3.8, 4) is 11.3 Å². The largest absolute Gasteiger partial charge is 0.463 e. The van der Waals surface area contributed by atoms with Crippen LogP contribution in [0.25, 0.3) is 22.3 Å². The standard InChI is InChI=1S/C19H16FNO3/c20-13-5-3-12(4-6-13)19-16(9-23-10-22)15-7-14(11-1-2-11)17(21)8-18(15)24-19/h3-8,10-11H,1-2,9,21H2. The zero-order chi connectivity index (χ0) is 16.7. The molecular weight excluding hydrogens is 309 g/mol. The zero-order valence-corrected chi connectivity index (χ0v) is 12.9. The van der Waals surface area contributed by atoms with Crippen LogP contribution in [0.15, 0.2) is 40.8 Å². The average molecular weight is 325 g/mol. The molecule has 5 heteroatoms. The Balaban J connectivity index is 1.91. The number of carbonyl (C=O) groups excluding carboxylic acids is 1. The van der Waals surface area contributed by atoms with Gasteiger partial charge in [-0.15, -0.1) is 0 Å². The third-order valence-corrected chi connectivity index (χ3v) is 4.42. The molecule has 122 valence electrons. The minimum atomic E-state index is -0.319. The minimum absolute atomic E-state index is 0.0945. The molecule has 1 saturated carbocycles. The monoisotopic (exact) mass is 325 g/mol. The zero-order valence-electron chi connectivity index (χ0n) is 12.9. The third kappa shape index (κ3) is 2.52. The molecule has 0 spiro atoms. The molecule has 0 unspecified atom stereocenters. The van der Waals surface area contributed by atoms with E-state index in [4.69, 9.17) is 14.9 Å². The van der Waals surface area contributed by atoms with Crippen LogP contribution in [0.5, 0.6) is 0 Å². The highest BCUT2D eigenvalue weighted by atomic mass is 19.1. The molecule has 0 aliphatic heterocycles. The van der Waals surface area contributed by atoms with Gasteiger partial charge in [-0.2, -0.15) is 0 Å². The van der Waals surface area contributed by atoms with Crippen molar-refractivity contribution in [2.24, 2.45) is 0 Å². The second-order valence-corrected chi connectivity index (χ2v) is 6.08. The second-order valence-electron chi connectivity index (χ2n) is 6.08. The van der Waals surface area contributed by atoms with Crippen molar-refractivity contribution in [1.29, 1.82) is 0 Å². The van der Waals surface area contributed by atoms with Gasteiger partial charge in [0.2, 0.25) is 0 Å². The van der Waals surface area contributed by atoms with E-state index in [9.17, 15) is 9.18 Å². The fourth-order valence-electron chi connectivity index (χ4n) is 3.07. The first kappa shape index (κ1) is 14.8. The third-order valence-electron chi connectivity index (χ3n) is 4.42. The van der Waals surface area contributed by atoms with Crippen LogP contribution >= 0.6 is 0 Å². The van der Waals surface area contributed by atoms with Crippen molar-refractivity contribution in [2.75, 3.05) is 5.73 Å². The summed E-state index contributed by atoms with van der Waals surface area (Å²) in [6, 6.07) is 9.88. The highest BCUT2D eigenvalue weighted by Gasteiger charge is 2.27. The smallest absolute Gasteiger partial charge is 0.293 e. The van der Waals surface area contributed by atoms with Gasteiger partial charge in [0.05, 0.1) is 0 Å². The molecule has 2 N–H and O–H groups in total. The number of furan rings is 1. The van der Waals surface area contributed by atoms with Crippen molar-refractivity contribution >= 4 is 23.1 Å². The van der Waals surface area contributed by atoms with Gasteiger partial charge in [-0.3, -0.25) is 4.79 Å². The number of anilines is 1. The van der Waals surface area contributed by atoms with E-state index in [-0.39, 0.29) is 12.4 Å². The molecule has 1 fully saturated rings. The van der Waals surface area contributed by atoms with Crippen molar-refractivity contribution in [1.82, 2.24) is 0 Å². The van der Waals surface area contributed by atoms with Crippen LogP contribution < -0.4 is 5.73 Å². The lowest BCUT2D eigenvalue weighted by molar-refractivity contribution is -0.129. The number of rotatable bonds is 5. The van der Waals surface area contributed by atoms with Crippen molar-refractivity contribution in [2.45, 2.75) is 25.4 Å². The molecule has 4 rings (SSSR count). The quantitative estimate of drug-likeness (QED) is 0.559. The molecule has 3 aromatic rings. The first-order valence-corrected chi connectivity index (χ1v) is 7.83. The molecule has 24 heavy (non-hydrogen) atoms. The van der Waals surface area contributed by atoms with Gasteiger partial charge in [0.1, 0.15) is 23.8 Å². The van der Waals surface area contributed by atoms with E-state index in [1.54, 1.807) is 12.1 Å². The van der Waals surface area contributed by atoms with Gasteiger partial charge in [0, 0.05) is 28.3 Å². The SMILES string of the molecule is Nc1cc2oc(-c3ccc(F)cc3)c(COC=O)c2cc1C1CC1. The van der Waals surface area contributed by atoms with Crippen LogP contribution in [0.3, 0.4) is 0 Å². The lowest BCUT2D eigenvalue weighted by Crippen LogP contribution is -1.94. The number of halogens is 1. The van der Waals surface area contributed by atoms with Gasteiger partial charge in [0.25, 0.3) is 6.47 Å². The van der Waals surface area contributed by atoms with E-state index in [0.717, 1.165) is 34.9 Å². The van der Waals surface area contributed by atoms with E-state index < -0.39 is 0 Å². The summed E-state index contributed by atoms with van der Waals surface area (Å²) in [6.45, 7) is 0.504. The number of hydrogen-bond donors (Lipinski definition) is 1. The Morgan fingerprint density at radius 2 is 2.00 bits per heavy atom. The summed E-state index contributed by atoms with van der Waals surface area (Å²) in [7, 11) is 0. The molecule has 0 radical (unpaired) electrons. The maximum atomic E-state index is 13.2. The van der Waals surface area contributed by atoms with Crippen molar-refractivity contribution in [3.05, 3.63) is 53.3 Å². The van der Waals surface area contributed by atoms with Gasteiger partial charge in [0.15, 0.2) is 0 Å². The number of nitrogen functional groups attached to an aromatic ring is 1. The lowest BCUT2D eigenvalue weighted by Gasteiger charge is -2.05. The van der Waals surface area contributed by atoms with Crippen LogP contribution in [-0.2, 0) is 16.1 Å². The Bertz CT molecular complexity index is 911. The first-order chi connectivity index (χ1) is 11.7. The van der Waals surface area contributed by atoms with Gasteiger partial charge in [-0.05, 0) is 54.7 Å². The summed E-state index contributed by atoms with van der Waals surface area (Å²) < 4.78 is 24.1. The van der Waals surface area contributed by atoms with Gasteiger partial charge in [-0.25, -0.2) is 4.39 Å². The normalized spacial score (nSPS) is 14.0. The molecule has 0 saturated heterocycles. The van der Waals surface area contributed by atoms with Crippen molar-refractivity contribution < 1.29 is 18.3 Å². The van der Waals surface area contributed by atoms with Crippen LogP contribution in [0.4, 0.5) is 10.1 Å². The van der Waals surface area contributed by atoms with Crippen LogP contribution in [0.2, 0.25) is 0 Å². The highest BCUT2D eigenvalue weighted by molar-refractivity contribution is 5.91. The van der Waals surface area contributed by atoms with E-state index in [0.29, 0.717) is 29.4 Å². The molecule has 1 aliphatic carbocycles. The average Bonchev–Trinajstić information content (AvgIpc) is 3.35. The number of hydrogen-bond acceptors (Lipinski definition) is 4. The minimum Gasteiger partial charge on any atom is -0.463 e. The molecule has 1 aliphatic rings. The van der Waals surface area contributed by atoms with Gasteiger partial charge >= 0.3 is 0 Å². The Kier molecular flexibility index (Phi) is 3.49. The fraction of sp³-hybridized carbons (Fsp3) is 0.211. The Hall–Kier alpha value is -2.82. The summed E-state index contributed by atoms with van der Waals surface area (Å²) in [4.78, 5) is 10.6. The number of benzene rings is 2. The molecule has 0 amide bonds. The maximum Gasteiger partial charge on any atom is 0.293 e. The van der Waals surface area contributed by atoms with E-state index in [1.807, 2.05) is 12.1 Å². The number of fused-ring (bicyclic) bond motifs is 1. The first-order valence-electron chi connectivity index (χ1n) is 7.83. The maximum absolute atomic E-state index is 13.2. The predicted molar refractivity (Wildman–Crippen MR) is 88.8 cm³/mol. The molecule has 4 nitrogen and oxygen atoms in total. The van der Waals surface area contributed by atoms with E-state index in [2.05, 4.69) is 0 Å². The summed E-state index contributed by atoms with van der Waals surface area (Å²) in [5.74, 6) is 0.749. The van der Waals surface area contributed by atoms with E-state index >= 15 is 0 Å². The summed E-state index contributed by atoms with van der Waals surface area (Å²) in [5.41, 5.74) is 10.1. The topological polar surface area (TPSA) is 65.5 Å². The summed E-state index contributed by atoms with van der Waals surface area (Å²) in [5, 5.41) is 0.882. The summed E-state index contributed by atoms with van der Waals surface area (Å²) >= 11 is 0. The Morgan fingerprint density at radius 3 is 2.67 bits per heavy atom. The second kappa shape index (κ2) is 5.67. The molecular formula is C19H16FNO3. The molecule has 0 bridgehead atoms. The summed E-state index contributed by atoms with van der Waals surface area (Å²) in [6.07, 6.45) is 2.27. The fourth-order valence-corrected chi connectivity index (χ4v) is 3.07. The predicted octanol–water partition coefficient (Wildman–Crippen LogP) is 4.37. The molecule has 1 heterocycles. The number of carbonyl (C=O) groups is 1. The van der Waals surface area contributed by atoms with Crippen LogP contribution in [0, 0.1) is 5.82 Å². The van der Waals surface area contributed by atoms with E-state index in [1.165, 1.54) is 12.1 Å². The van der Waals surface area contributed by atoms with Crippen LogP contribution in [-0.4, -0.2) is 6.47 Å². The Labute approximate surface area is 138 Å². The van der Waals surface area contributed by atoms with Gasteiger partial charge in [-0.1, -0.05) is 0 Å².